The predicted octanol–water partition coefficient (Wildman–Crippen LogP) is 29.9. The van der Waals surface area contributed by atoms with Crippen LogP contribution in [0.4, 0.5) is 102 Å². The van der Waals surface area contributed by atoms with Crippen LogP contribution in [0, 0.1) is 20.8 Å². The summed E-state index contributed by atoms with van der Waals surface area (Å²) in [4.78, 5) is 16.2. The number of fused-ring (bicyclic) bond motifs is 12. The largest absolute Gasteiger partial charge is 0.311 e. The lowest BCUT2D eigenvalue weighted by molar-refractivity contribution is 0.590. The van der Waals surface area contributed by atoms with Gasteiger partial charge in [-0.2, -0.15) is 0 Å². The predicted molar refractivity (Wildman–Crippen MR) is 609 cm³/mol. The molecule has 140 heavy (non-hydrogen) atoms. The summed E-state index contributed by atoms with van der Waals surface area (Å²) >= 11 is 0. The minimum absolute atomic E-state index is 0.0466. The number of hydrogen-bond acceptors (Lipinski definition) is 6. The third-order valence-electron chi connectivity index (χ3n) is 31.9. The quantitative estimate of drug-likeness (QED) is 0.105. The minimum atomic E-state index is -1.15. The van der Waals surface area contributed by atoms with Gasteiger partial charge in [0.15, 0.2) is 0 Å². The number of para-hydroxylation sites is 3. The molecular weight excluding hydrogens is 1690 g/mol. The molecule has 0 aliphatic carbocycles. The van der Waals surface area contributed by atoms with E-state index in [-0.39, 0.29) is 68.9 Å². The molecule has 0 fully saturated rings. The molecule has 0 N–H and O–H groups in total. The van der Waals surface area contributed by atoms with Crippen LogP contribution < -0.4 is 78.6 Å². The van der Waals surface area contributed by atoms with Gasteiger partial charge in [0.2, 0.25) is 0 Å². The lowest BCUT2D eigenvalue weighted by Crippen LogP contribution is -2.63. The molecular formula is C131H141B3N6. The average Bonchev–Trinajstić information content (AvgIpc) is 0.664. The van der Waals surface area contributed by atoms with E-state index in [0.717, 1.165) is 34.1 Å². The van der Waals surface area contributed by atoms with Crippen LogP contribution in [0.25, 0.3) is 0 Å². The van der Waals surface area contributed by atoms with Gasteiger partial charge in [0, 0.05) is 108 Å². The van der Waals surface area contributed by atoms with E-state index in [1.54, 1.807) is 0 Å². The molecule has 0 aromatic heterocycles. The van der Waals surface area contributed by atoms with Crippen molar-refractivity contribution in [1.29, 1.82) is 0 Å². The van der Waals surface area contributed by atoms with Crippen LogP contribution in [0.3, 0.4) is 0 Å². The third kappa shape index (κ3) is 15.2. The molecule has 6 aliphatic heterocycles. The van der Waals surface area contributed by atoms with E-state index in [9.17, 15) is 0 Å². The summed E-state index contributed by atoms with van der Waals surface area (Å²) in [6.45, 7) is 72.7. The first-order valence-electron chi connectivity index (χ1n) is 51.5. The van der Waals surface area contributed by atoms with Crippen LogP contribution in [0.2, 0.25) is 0 Å². The summed E-state index contributed by atoms with van der Waals surface area (Å²) in [5.74, 6) is 0. The summed E-state index contributed by atoms with van der Waals surface area (Å²) < 4.78 is 0. The first kappa shape index (κ1) is 93.6. The number of anilines is 18. The Morgan fingerprint density at radius 1 is 0.164 bits per heavy atom. The average molecular weight is 1830 g/mol. The molecule has 0 unspecified atom stereocenters. The number of aryl methyl sites for hydroxylation is 3. The van der Waals surface area contributed by atoms with Crippen LogP contribution in [0.15, 0.2) is 291 Å². The van der Waals surface area contributed by atoms with Crippen molar-refractivity contribution >= 4 is 172 Å². The minimum Gasteiger partial charge on any atom is -0.311 e. The third-order valence-corrected chi connectivity index (χ3v) is 31.9. The van der Waals surface area contributed by atoms with Crippen molar-refractivity contribution in [3.63, 3.8) is 0 Å². The normalized spacial score (nSPS) is 14.6. The van der Waals surface area contributed by atoms with Crippen molar-refractivity contribution in [2.75, 3.05) is 29.4 Å². The molecule has 0 saturated heterocycles. The highest BCUT2D eigenvalue weighted by Crippen LogP contribution is 2.59. The lowest BCUT2D eigenvalue weighted by Gasteiger charge is -2.50. The monoisotopic (exact) mass is 1830 g/mol. The fraction of sp³-hybridized carbons (Fsp3) is 0.313. The van der Waals surface area contributed by atoms with E-state index in [2.05, 4.69) is 535 Å². The van der Waals surface area contributed by atoms with Gasteiger partial charge < -0.3 is 29.4 Å². The van der Waals surface area contributed by atoms with Crippen LogP contribution in [-0.2, 0) is 54.1 Å². The van der Waals surface area contributed by atoms with E-state index in [0.29, 0.717) is 0 Å². The molecule has 704 valence electrons. The van der Waals surface area contributed by atoms with E-state index in [4.69, 9.17) is 0 Å². The Morgan fingerprint density at radius 2 is 0.336 bits per heavy atom. The lowest BCUT2D eigenvalue weighted by atomic mass is 9.32. The van der Waals surface area contributed by atoms with Gasteiger partial charge in [-0.15, -0.1) is 0 Å². The van der Waals surface area contributed by atoms with Gasteiger partial charge in [-0.05, 0) is 336 Å². The zero-order valence-corrected chi connectivity index (χ0v) is 89.1. The molecule has 0 amide bonds. The van der Waals surface area contributed by atoms with Crippen LogP contribution in [-0.4, -0.2) is 20.1 Å². The van der Waals surface area contributed by atoms with Gasteiger partial charge in [0.25, 0.3) is 20.1 Å². The van der Waals surface area contributed by atoms with Crippen molar-refractivity contribution in [2.24, 2.45) is 0 Å². The van der Waals surface area contributed by atoms with Crippen LogP contribution >= 0.6 is 0 Å². The standard InChI is InChI=1S/C131H141B3N6/c1-80-71-110-116-113(74-80)138(95-62-47-86(48-63-95)125(13,14)15)119-98(35-32-38-101(119)132(116)104-77-89(128(22,23)24)53-68-107(104)135(110)92-56-41-83(42-57-92)122(4,5)6)131(31,99-36-33-39-102-120(99)139(96-64-49-87(50-65-96)126(16,17)18)114-75-81(2)72-111-117(114)133(102)105-78-90(129(25,26)27)54-69-108(105)136(111)93-58-43-84(44-59-93)123(7,8)9)100-37-34-40-103-121(100)140(97-66-51-88(52-67-97)127(19,20)21)115-76-82(3)73-112-118(115)134(103)106-79-91(130(28,29)30)55-70-109(106)137(112)94-60-45-85(46-61-94)124(10,11)12/h32-79H,1-31H3. The maximum absolute atomic E-state index is 2.77. The summed E-state index contributed by atoms with van der Waals surface area (Å²) in [6.07, 6.45) is 0. The molecule has 6 nitrogen and oxygen atoms in total. The van der Waals surface area contributed by atoms with Gasteiger partial charge in [-0.1, -0.05) is 351 Å². The van der Waals surface area contributed by atoms with Crippen molar-refractivity contribution in [1.82, 2.24) is 0 Å². The second-order valence-electron chi connectivity index (χ2n) is 51.2. The zero-order valence-electron chi connectivity index (χ0n) is 89.1. The van der Waals surface area contributed by atoms with Gasteiger partial charge in [0.05, 0.1) is 0 Å². The van der Waals surface area contributed by atoms with Crippen LogP contribution in [0.1, 0.15) is 277 Å². The number of benzene rings is 15. The molecule has 0 spiro atoms. The number of nitrogens with zero attached hydrogens (tertiary/aromatic N) is 6. The van der Waals surface area contributed by atoms with Gasteiger partial charge in [-0.3, -0.25) is 0 Å². The first-order valence-corrected chi connectivity index (χ1v) is 51.5. The molecule has 0 atom stereocenters. The van der Waals surface area contributed by atoms with Gasteiger partial charge in [0.1, 0.15) is 0 Å². The highest BCUT2D eigenvalue weighted by Gasteiger charge is 2.55. The van der Waals surface area contributed by atoms with Crippen molar-refractivity contribution in [3.05, 3.63) is 375 Å². The highest BCUT2D eigenvalue weighted by molar-refractivity contribution is 7.02. The Kier molecular flexibility index (Phi) is 21.5. The van der Waals surface area contributed by atoms with Crippen molar-refractivity contribution in [2.45, 2.75) is 269 Å². The summed E-state index contributed by atoms with van der Waals surface area (Å²) in [5.41, 5.74) is 49.1. The Balaban J connectivity index is 0.950. The van der Waals surface area contributed by atoms with Gasteiger partial charge >= 0.3 is 0 Å². The molecule has 0 radical (unpaired) electrons. The number of hydrogen-bond donors (Lipinski definition) is 0. The molecule has 0 saturated carbocycles. The second-order valence-corrected chi connectivity index (χ2v) is 51.2. The summed E-state index contributed by atoms with van der Waals surface area (Å²) in [6, 6.07) is 119. The van der Waals surface area contributed by atoms with E-state index in [1.165, 1.54) is 201 Å². The summed E-state index contributed by atoms with van der Waals surface area (Å²) in [7, 11) is 0. The fourth-order valence-electron chi connectivity index (χ4n) is 23.9. The second kappa shape index (κ2) is 32.2. The molecule has 6 heterocycles. The topological polar surface area (TPSA) is 19.4 Å². The SMILES string of the molecule is Cc1cc2c3c(c1)N(c1ccc(C(C)(C)C)cc1)c1c(cccc1C(C)(c1cccc4c1N(c1ccc(C(C)(C)C)cc1)c1cc(C)cc5c1B4c1cc(C(C)(C)C)ccc1N5c1ccc(C(C)(C)C)cc1)c1cccc4c1N(c1ccc(C(C)(C)C)cc1)c1cc(C)cc5c1B4c1cc(C(C)(C)C)ccc1N5c1ccc(C(C)(C)C)cc1)B3c1cc(C(C)(C)C)ccc1N2c1ccc(C(C)(C)C)cc1. The first-order chi connectivity index (χ1) is 65.7. The molecule has 6 aliphatic rings. The molecule has 21 rings (SSSR count). The van der Waals surface area contributed by atoms with Crippen molar-refractivity contribution < 1.29 is 0 Å². The van der Waals surface area contributed by atoms with E-state index in [1.807, 2.05) is 0 Å². The maximum Gasteiger partial charge on any atom is 0.252 e. The maximum atomic E-state index is 2.77. The van der Waals surface area contributed by atoms with Crippen LogP contribution in [0.5, 0.6) is 0 Å². The Bertz CT molecular complexity index is 6810. The Hall–Kier alpha value is -12.7. The Labute approximate surface area is 838 Å². The Morgan fingerprint density at radius 3 is 0.521 bits per heavy atom. The van der Waals surface area contributed by atoms with E-state index >= 15 is 0 Å². The molecule has 15 aromatic carbocycles. The zero-order chi connectivity index (χ0) is 99.4. The highest BCUT2D eigenvalue weighted by atomic mass is 15.2. The fourth-order valence-corrected chi connectivity index (χ4v) is 23.9. The van der Waals surface area contributed by atoms with Gasteiger partial charge in [-0.25, -0.2) is 0 Å². The molecule has 9 heteroatoms. The molecule has 15 aromatic rings. The summed E-state index contributed by atoms with van der Waals surface area (Å²) in [5, 5.41) is 0. The number of rotatable bonds is 9. The van der Waals surface area contributed by atoms with E-state index < -0.39 is 5.41 Å². The molecule has 0 bridgehead atoms. The smallest absolute Gasteiger partial charge is 0.252 e. The van der Waals surface area contributed by atoms with Crippen molar-refractivity contribution in [3.8, 4) is 0 Å².